The molecular weight excluding hydrogens is 250 g/mol. The summed E-state index contributed by atoms with van der Waals surface area (Å²) in [4.78, 5) is 4.17. The molecule has 0 aromatic carbocycles. The van der Waals surface area contributed by atoms with E-state index in [-0.39, 0.29) is 6.04 Å². The summed E-state index contributed by atoms with van der Waals surface area (Å²) in [5, 5.41) is 3.80. The maximum atomic E-state index is 6.05. The standard InChI is InChI=1S/C13H16ClN3O/c1-9(4-5-11-3-2-6-18-11)17-13-12(14)7-10(15)8-16-13/h2-3,6-9H,4-5,15H2,1H3,(H,16,17). The fraction of sp³-hybridized carbons (Fsp3) is 0.308. The highest BCUT2D eigenvalue weighted by atomic mass is 35.5. The highest BCUT2D eigenvalue weighted by Gasteiger charge is 2.08. The second-order valence-corrected chi connectivity index (χ2v) is 4.67. The smallest absolute Gasteiger partial charge is 0.145 e. The number of nitrogen functional groups attached to an aromatic ring is 1. The summed E-state index contributed by atoms with van der Waals surface area (Å²) in [5.41, 5.74) is 6.16. The lowest BCUT2D eigenvalue weighted by molar-refractivity contribution is 0.495. The molecule has 2 aromatic rings. The molecule has 0 aliphatic carbocycles. The van der Waals surface area contributed by atoms with Crippen molar-refractivity contribution in [2.24, 2.45) is 0 Å². The summed E-state index contributed by atoms with van der Waals surface area (Å²) in [5.74, 6) is 1.65. The zero-order chi connectivity index (χ0) is 13.0. The third-order valence-corrected chi connectivity index (χ3v) is 2.94. The van der Waals surface area contributed by atoms with Crippen molar-refractivity contribution in [3.8, 4) is 0 Å². The Hall–Kier alpha value is -1.68. The van der Waals surface area contributed by atoms with Crippen LogP contribution in [0.3, 0.4) is 0 Å². The van der Waals surface area contributed by atoms with E-state index in [0.717, 1.165) is 18.6 Å². The number of pyridine rings is 1. The Morgan fingerprint density at radius 2 is 2.39 bits per heavy atom. The zero-order valence-corrected chi connectivity index (χ0v) is 10.9. The molecule has 18 heavy (non-hydrogen) atoms. The number of aryl methyl sites for hydroxylation is 1. The number of aromatic nitrogens is 1. The SMILES string of the molecule is CC(CCc1ccco1)Nc1ncc(N)cc1Cl. The van der Waals surface area contributed by atoms with Crippen LogP contribution in [0.2, 0.25) is 5.02 Å². The topological polar surface area (TPSA) is 64.1 Å². The van der Waals surface area contributed by atoms with Crippen LogP contribution < -0.4 is 11.1 Å². The van der Waals surface area contributed by atoms with Crippen LogP contribution in [0.1, 0.15) is 19.1 Å². The van der Waals surface area contributed by atoms with Crippen molar-refractivity contribution in [2.45, 2.75) is 25.8 Å². The van der Waals surface area contributed by atoms with Crippen molar-refractivity contribution < 1.29 is 4.42 Å². The van der Waals surface area contributed by atoms with Gasteiger partial charge in [0.25, 0.3) is 0 Å². The van der Waals surface area contributed by atoms with E-state index in [1.807, 2.05) is 12.1 Å². The molecule has 0 saturated carbocycles. The molecule has 0 aliphatic heterocycles. The molecule has 3 N–H and O–H groups in total. The summed E-state index contributed by atoms with van der Waals surface area (Å²) in [7, 11) is 0. The summed E-state index contributed by atoms with van der Waals surface area (Å²) < 4.78 is 5.29. The number of anilines is 2. The van der Waals surface area contributed by atoms with Crippen LogP contribution in [0.25, 0.3) is 0 Å². The first-order valence-electron chi connectivity index (χ1n) is 5.85. The lowest BCUT2D eigenvalue weighted by Crippen LogP contribution is -2.17. The second-order valence-electron chi connectivity index (χ2n) is 4.26. The second kappa shape index (κ2) is 5.78. The number of nitrogens with zero attached hydrogens (tertiary/aromatic N) is 1. The molecule has 0 aliphatic rings. The average Bonchev–Trinajstić information content (AvgIpc) is 2.83. The van der Waals surface area contributed by atoms with Crippen LogP contribution in [-0.2, 0) is 6.42 Å². The average molecular weight is 266 g/mol. The predicted octanol–water partition coefficient (Wildman–Crippen LogP) is 3.34. The van der Waals surface area contributed by atoms with Gasteiger partial charge in [0.1, 0.15) is 11.6 Å². The van der Waals surface area contributed by atoms with E-state index in [4.69, 9.17) is 21.8 Å². The minimum Gasteiger partial charge on any atom is -0.469 e. The maximum Gasteiger partial charge on any atom is 0.145 e. The van der Waals surface area contributed by atoms with Crippen LogP contribution in [0.15, 0.2) is 35.1 Å². The summed E-state index contributed by atoms with van der Waals surface area (Å²) in [6.07, 6.45) is 5.10. The van der Waals surface area contributed by atoms with Crippen molar-refractivity contribution in [1.82, 2.24) is 4.98 Å². The zero-order valence-electron chi connectivity index (χ0n) is 10.2. The lowest BCUT2D eigenvalue weighted by Gasteiger charge is -2.14. The minimum absolute atomic E-state index is 0.253. The van der Waals surface area contributed by atoms with E-state index in [2.05, 4.69) is 17.2 Å². The molecule has 96 valence electrons. The van der Waals surface area contributed by atoms with Gasteiger partial charge in [-0.1, -0.05) is 11.6 Å². The van der Waals surface area contributed by atoms with E-state index >= 15 is 0 Å². The van der Waals surface area contributed by atoms with Crippen molar-refractivity contribution in [3.63, 3.8) is 0 Å². The first kappa shape index (κ1) is 12.8. The molecular formula is C13H16ClN3O. The Bertz CT molecular complexity index is 499. The van der Waals surface area contributed by atoms with E-state index in [1.54, 1.807) is 18.5 Å². The van der Waals surface area contributed by atoms with Crippen molar-refractivity contribution >= 4 is 23.1 Å². The van der Waals surface area contributed by atoms with Crippen molar-refractivity contribution in [1.29, 1.82) is 0 Å². The fourth-order valence-electron chi connectivity index (χ4n) is 1.68. The Morgan fingerprint density at radius 3 is 3.06 bits per heavy atom. The van der Waals surface area contributed by atoms with E-state index in [9.17, 15) is 0 Å². The third-order valence-electron chi connectivity index (χ3n) is 2.65. The normalized spacial score (nSPS) is 12.3. The summed E-state index contributed by atoms with van der Waals surface area (Å²) >= 11 is 6.05. The largest absolute Gasteiger partial charge is 0.469 e. The molecule has 2 heterocycles. The van der Waals surface area contributed by atoms with Gasteiger partial charge in [-0.2, -0.15) is 0 Å². The molecule has 4 nitrogen and oxygen atoms in total. The van der Waals surface area contributed by atoms with Gasteiger partial charge in [-0.3, -0.25) is 0 Å². The van der Waals surface area contributed by atoms with E-state index < -0.39 is 0 Å². The van der Waals surface area contributed by atoms with Crippen LogP contribution in [0, 0.1) is 0 Å². The molecule has 0 saturated heterocycles. The van der Waals surface area contributed by atoms with Gasteiger partial charge in [0.2, 0.25) is 0 Å². The summed E-state index contributed by atoms with van der Waals surface area (Å²) in [6.45, 7) is 2.08. The molecule has 5 heteroatoms. The summed E-state index contributed by atoms with van der Waals surface area (Å²) in [6, 6.07) is 5.81. The number of nitrogens with one attached hydrogen (secondary N) is 1. The molecule has 2 aromatic heterocycles. The molecule has 0 amide bonds. The van der Waals surface area contributed by atoms with Gasteiger partial charge in [-0.15, -0.1) is 0 Å². The molecule has 1 unspecified atom stereocenters. The van der Waals surface area contributed by atoms with Gasteiger partial charge >= 0.3 is 0 Å². The quantitative estimate of drug-likeness (QED) is 0.870. The Labute approximate surface area is 111 Å². The predicted molar refractivity (Wildman–Crippen MR) is 73.8 cm³/mol. The van der Waals surface area contributed by atoms with Crippen LogP contribution in [0.5, 0.6) is 0 Å². The van der Waals surface area contributed by atoms with Gasteiger partial charge < -0.3 is 15.5 Å². The van der Waals surface area contributed by atoms with Gasteiger partial charge in [0.15, 0.2) is 0 Å². The molecule has 0 radical (unpaired) electrons. The molecule has 0 fully saturated rings. The van der Waals surface area contributed by atoms with Crippen molar-refractivity contribution in [3.05, 3.63) is 41.4 Å². The van der Waals surface area contributed by atoms with Crippen molar-refractivity contribution in [2.75, 3.05) is 11.1 Å². The van der Waals surface area contributed by atoms with Crippen LogP contribution in [-0.4, -0.2) is 11.0 Å². The highest BCUT2D eigenvalue weighted by molar-refractivity contribution is 6.33. The Morgan fingerprint density at radius 1 is 1.56 bits per heavy atom. The maximum absolute atomic E-state index is 6.05. The number of hydrogen-bond acceptors (Lipinski definition) is 4. The number of rotatable bonds is 5. The van der Waals surface area contributed by atoms with Crippen LogP contribution in [0.4, 0.5) is 11.5 Å². The molecule has 0 bridgehead atoms. The van der Waals surface area contributed by atoms with Gasteiger partial charge in [-0.05, 0) is 31.5 Å². The van der Waals surface area contributed by atoms with E-state index in [0.29, 0.717) is 16.5 Å². The molecule has 1 atom stereocenters. The number of hydrogen-bond donors (Lipinski definition) is 2. The lowest BCUT2D eigenvalue weighted by atomic mass is 10.1. The highest BCUT2D eigenvalue weighted by Crippen LogP contribution is 2.22. The monoisotopic (exact) mass is 265 g/mol. The Balaban J connectivity index is 1.88. The van der Waals surface area contributed by atoms with Gasteiger partial charge in [0, 0.05) is 12.5 Å². The number of halogens is 1. The van der Waals surface area contributed by atoms with Crippen LogP contribution >= 0.6 is 11.6 Å². The van der Waals surface area contributed by atoms with E-state index in [1.165, 1.54) is 0 Å². The molecule has 0 spiro atoms. The fourth-order valence-corrected chi connectivity index (χ4v) is 1.91. The molecule has 2 rings (SSSR count). The Kier molecular flexibility index (Phi) is 4.10. The minimum atomic E-state index is 0.253. The first-order chi connectivity index (χ1) is 8.65. The third kappa shape index (κ3) is 3.40. The first-order valence-corrected chi connectivity index (χ1v) is 6.23. The van der Waals surface area contributed by atoms with Gasteiger partial charge in [-0.25, -0.2) is 4.98 Å². The number of furan rings is 1. The number of nitrogens with two attached hydrogens (primary N) is 1. The van der Waals surface area contributed by atoms with Gasteiger partial charge in [0.05, 0.1) is 23.2 Å².